The Bertz CT molecular complexity index is 666. The van der Waals surface area contributed by atoms with Crippen LogP contribution in [0.5, 0.6) is 0 Å². The van der Waals surface area contributed by atoms with Crippen molar-refractivity contribution in [2.24, 2.45) is 5.92 Å². The highest BCUT2D eigenvalue weighted by Crippen LogP contribution is 2.32. The van der Waals surface area contributed by atoms with Crippen LogP contribution < -0.4 is 5.32 Å². The fourth-order valence-electron chi connectivity index (χ4n) is 2.36. The normalized spacial score (nSPS) is 16.3. The molecule has 122 valence electrons. The van der Waals surface area contributed by atoms with E-state index >= 15 is 0 Å². The first-order chi connectivity index (χ1) is 10.9. The number of nitrogens with one attached hydrogen (secondary N) is 1. The molecule has 1 fully saturated rings. The molecule has 7 heteroatoms. The van der Waals surface area contributed by atoms with Crippen molar-refractivity contribution in [2.75, 3.05) is 0 Å². The molecular weight excluding hydrogens is 305 g/mol. The van der Waals surface area contributed by atoms with Gasteiger partial charge in [0.1, 0.15) is 5.69 Å². The van der Waals surface area contributed by atoms with Gasteiger partial charge in [-0.15, -0.1) is 0 Å². The monoisotopic (exact) mass is 322 g/mol. The van der Waals surface area contributed by atoms with Crippen LogP contribution in [0.1, 0.15) is 31.2 Å². The van der Waals surface area contributed by atoms with E-state index in [0.29, 0.717) is 24.0 Å². The Balaban J connectivity index is 1.71. The zero-order chi connectivity index (χ0) is 16.4. The maximum absolute atomic E-state index is 12.5. The van der Waals surface area contributed by atoms with Gasteiger partial charge in [0, 0.05) is 30.5 Å². The number of hydrogen-bond acceptors (Lipinski definition) is 4. The Morgan fingerprint density at radius 3 is 2.61 bits per heavy atom. The minimum atomic E-state index is -4.44. The highest BCUT2D eigenvalue weighted by molar-refractivity contribution is 5.53. The molecule has 1 aliphatic rings. The largest absolute Gasteiger partial charge is 0.433 e. The van der Waals surface area contributed by atoms with Crippen molar-refractivity contribution < 1.29 is 13.2 Å². The highest BCUT2D eigenvalue weighted by Gasteiger charge is 2.32. The molecule has 2 aromatic heterocycles. The van der Waals surface area contributed by atoms with Gasteiger partial charge in [-0.05, 0) is 43.9 Å². The molecule has 23 heavy (non-hydrogen) atoms. The minimum Gasteiger partial charge on any atom is -0.308 e. The predicted octanol–water partition coefficient (Wildman–Crippen LogP) is 3.45. The smallest absolute Gasteiger partial charge is 0.308 e. The number of pyridine rings is 1. The van der Waals surface area contributed by atoms with Crippen LogP contribution in [0.2, 0.25) is 0 Å². The molecule has 1 saturated carbocycles. The Labute approximate surface area is 132 Å². The zero-order valence-electron chi connectivity index (χ0n) is 12.6. The number of nitrogens with zero attached hydrogens (tertiary/aromatic N) is 3. The summed E-state index contributed by atoms with van der Waals surface area (Å²) >= 11 is 0. The van der Waals surface area contributed by atoms with E-state index in [4.69, 9.17) is 0 Å². The highest BCUT2D eigenvalue weighted by atomic mass is 19.4. The maximum atomic E-state index is 12.5. The van der Waals surface area contributed by atoms with Crippen molar-refractivity contribution in [3.8, 4) is 11.4 Å². The number of hydrogen-bond donors (Lipinski definition) is 1. The number of aromatic nitrogens is 3. The van der Waals surface area contributed by atoms with Crippen molar-refractivity contribution in [3.63, 3.8) is 0 Å². The Morgan fingerprint density at radius 2 is 2.00 bits per heavy atom. The molecule has 0 spiro atoms. The fraction of sp³-hybridized carbons (Fsp3) is 0.438. The van der Waals surface area contributed by atoms with Crippen LogP contribution in [-0.2, 0) is 12.7 Å². The maximum Gasteiger partial charge on any atom is 0.433 e. The van der Waals surface area contributed by atoms with Crippen LogP contribution in [0.3, 0.4) is 0 Å². The summed E-state index contributed by atoms with van der Waals surface area (Å²) in [6.45, 7) is 2.76. The van der Waals surface area contributed by atoms with Gasteiger partial charge in [0.15, 0.2) is 5.82 Å². The summed E-state index contributed by atoms with van der Waals surface area (Å²) in [7, 11) is 0. The van der Waals surface area contributed by atoms with E-state index in [9.17, 15) is 13.2 Å². The number of halogens is 3. The molecule has 1 unspecified atom stereocenters. The van der Waals surface area contributed by atoms with Crippen LogP contribution in [0.25, 0.3) is 11.4 Å². The SMILES string of the molecule is CC(NCc1ccnc(-c2ccc(C(F)(F)F)nc2)n1)C1CC1. The lowest BCUT2D eigenvalue weighted by Gasteiger charge is -2.12. The van der Waals surface area contributed by atoms with Crippen LogP contribution in [0.4, 0.5) is 13.2 Å². The van der Waals surface area contributed by atoms with Crippen LogP contribution in [0, 0.1) is 5.92 Å². The molecule has 0 aliphatic heterocycles. The van der Waals surface area contributed by atoms with Gasteiger partial charge in [0.25, 0.3) is 0 Å². The van der Waals surface area contributed by atoms with Gasteiger partial charge in [-0.1, -0.05) is 0 Å². The third-order valence-corrected chi connectivity index (χ3v) is 3.96. The van der Waals surface area contributed by atoms with Gasteiger partial charge >= 0.3 is 6.18 Å². The summed E-state index contributed by atoms with van der Waals surface area (Å²) in [6, 6.07) is 4.53. The quantitative estimate of drug-likeness (QED) is 0.916. The molecule has 0 bridgehead atoms. The van der Waals surface area contributed by atoms with E-state index in [2.05, 4.69) is 27.2 Å². The van der Waals surface area contributed by atoms with Crippen LogP contribution in [0.15, 0.2) is 30.6 Å². The molecular formula is C16H17F3N4. The van der Waals surface area contributed by atoms with Gasteiger partial charge in [0.2, 0.25) is 0 Å². The molecule has 0 saturated heterocycles. The van der Waals surface area contributed by atoms with E-state index in [1.165, 1.54) is 18.9 Å². The summed E-state index contributed by atoms with van der Waals surface area (Å²) in [5.74, 6) is 1.13. The van der Waals surface area contributed by atoms with Gasteiger partial charge in [-0.2, -0.15) is 13.2 Å². The van der Waals surface area contributed by atoms with E-state index in [1.54, 1.807) is 12.3 Å². The average Bonchev–Trinajstić information content (AvgIpc) is 3.37. The third kappa shape index (κ3) is 4.04. The van der Waals surface area contributed by atoms with Gasteiger partial charge in [-0.3, -0.25) is 4.98 Å². The molecule has 0 amide bonds. The second-order valence-corrected chi connectivity index (χ2v) is 5.81. The van der Waals surface area contributed by atoms with E-state index < -0.39 is 11.9 Å². The van der Waals surface area contributed by atoms with Gasteiger partial charge in [-0.25, -0.2) is 9.97 Å². The third-order valence-electron chi connectivity index (χ3n) is 3.96. The molecule has 1 N–H and O–H groups in total. The molecule has 4 nitrogen and oxygen atoms in total. The van der Waals surface area contributed by atoms with Gasteiger partial charge < -0.3 is 5.32 Å². The Morgan fingerprint density at radius 1 is 1.22 bits per heavy atom. The summed E-state index contributed by atoms with van der Waals surface area (Å²) in [4.78, 5) is 11.9. The zero-order valence-corrected chi connectivity index (χ0v) is 12.6. The van der Waals surface area contributed by atoms with E-state index in [-0.39, 0.29) is 0 Å². The van der Waals surface area contributed by atoms with E-state index in [0.717, 1.165) is 23.9 Å². The first-order valence-corrected chi connectivity index (χ1v) is 7.52. The lowest BCUT2D eigenvalue weighted by Crippen LogP contribution is -2.27. The number of alkyl halides is 3. The predicted molar refractivity (Wildman–Crippen MR) is 79.3 cm³/mol. The summed E-state index contributed by atoms with van der Waals surface area (Å²) in [6.07, 6.45) is 0.853. The van der Waals surface area contributed by atoms with Crippen LogP contribution in [-0.4, -0.2) is 21.0 Å². The molecule has 2 aromatic rings. The van der Waals surface area contributed by atoms with E-state index in [1.807, 2.05) is 0 Å². The average molecular weight is 322 g/mol. The van der Waals surface area contributed by atoms with Crippen molar-refractivity contribution in [1.29, 1.82) is 0 Å². The second-order valence-electron chi connectivity index (χ2n) is 5.81. The molecule has 1 atom stereocenters. The minimum absolute atomic E-state index is 0.379. The van der Waals surface area contributed by atoms with Crippen molar-refractivity contribution in [2.45, 2.75) is 38.5 Å². The number of rotatable bonds is 5. The lowest BCUT2D eigenvalue weighted by atomic mass is 10.2. The molecule has 0 radical (unpaired) electrons. The first kappa shape index (κ1) is 15.9. The standard InChI is InChI=1S/C16H17F3N4/c1-10(11-2-3-11)21-9-13-6-7-20-15(23-13)12-4-5-14(22-8-12)16(17,18)19/h4-8,10-11,21H,2-3,9H2,1H3. The molecule has 1 aliphatic carbocycles. The van der Waals surface area contributed by atoms with Crippen molar-refractivity contribution in [3.05, 3.63) is 42.0 Å². The second kappa shape index (κ2) is 6.23. The summed E-state index contributed by atoms with van der Waals surface area (Å²) < 4.78 is 37.6. The molecule has 0 aromatic carbocycles. The molecule has 3 rings (SSSR count). The van der Waals surface area contributed by atoms with Crippen molar-refractivity contribution >= 4 is 0 Å². The summed E-state index contributed by atoms with van der Waals surface area (Å²) in [5, 5.41) is 3.41. The fourth-order valence-corrected chi connectivity index (χ4v) is 2.36. The van der Waals surface area contributed by atoms with Crippen LogP contribution >= 0.6 is 0 Å². The Kier molecular flexibility index (Phi) is 4.30. The molecule has 2 heterocycles. The van der Waals surface area contributed by atoms with Gasteiger partial charge in [0.05, 0.1) is 5.69 Å². The topological polar surface area (TPSA) is 50.7 Å². The first-order valence-electron chi connectivity index (χ1n) is 7.52. The van der Waals surface area contributed by atoms with Crippen molar-refractivity contribution in [1.82, 2.24) is 20.3 Å². The Hall–Kier alpha value is -2.02. The summed E-state index contributed by atoms with van der Waals surface area (Å²) in [5.41, 5.74) is 0.356. The lowest BCUT2D eigenvalue weighted by molar-refractivity contribution is -0.141.